The number of amides is 1. The third-order valence-electron chi connectivity index (χ3n) is 7.06. The van der Waals surface area contributed by atoms with Crippen molar-refractivity contribution in [2.75, 3.05) is 33.3 Å². The number of piperidine rings is 1. The number of fused-ring (bicyclic) bond motifs is 2. The van der Waals surface area contributed by atoms with Gasteiger partial charge >= 0.3 is 5.92 Å². The number of alkyl halides is 2. The monoisotopic (exact) mass is 486 g/mol. The summed E-state index contributed by atoms with van der Waals surface area (Å²) >= 11 is 0. The number of carbonyl (C=O) groups is 2. The van der Waals surface area contributed by atoms with E-state index in [2.05, 4.69) is 30.3 Å². The Labute approximate surface area is 204 Å². The molecule has 2 aliphatic heterocycles. The van der Waals surface area contributed by atoms with E-state index >= 15 is 0 Å². The average Bonchev–Trinajstić information content (AvgIpc) is 3.30. The first kappa shape index (κ1) is 25.0. The molecule has 1 spiro atoms. The Morgan fingerprint density at radius 1 is 1.17 bits per heavy atom. The highest BCUT2D eigenvalue weighted by Crippen LogP contribution is 2.42. The highest BCUT2D eigenvalue weighted by molar-refractivity contribution is 6.01. The molecule has 0 bridgehead atoms. The first-order valence-electron chi connectivity index (χ1n) is 11.9. The Hall–Kier alpha value is -3.07. The Bertz CT molecular complexity index is 1100. The molecule has 2 aliphatic rings. The van der Waals surface area contributed by atoms with Crippen LogP contribution >= 0.6 is 0 Å². The number of rotatable bonds is 7. The van der Waals surface area contributed by atoms with Crippen LogP contribution in [0.1, 0.15) is 53.4 Å². The molecular formula is C26H32F2N4O3. The number of carbonyl (C=O) groups excluding carboxylic acids is 2. The molecule has 0 unspecified atom stereocenters. The van der Waals surface area contributed by atoms with E-state index in [4.69, 9.17) is 4.74 Å². The normalized spacial score (nSPS) is 17.9. The number of halogens is 2. The predicted octanol–water partition coefficient (Wildman–Crippen LogP) is 4.00. The van der Waals surface area contributed by atoms with E-state index in [0.29, 0.717) is 69.1 Å². The number of hydrogen-bond donors (Lipinski definition) is 0. The number of nitrogens with zero attached hydrogens (tertiary/aromatic N) is 4. The van der Waals surface area contributed by atoms with Gasteiger partial charge in [0.2, 0.25) is 0 Å². The van der Waals surface area contributed by atoms with Gasteiger partial charge < -0.3 is 14.2 Å². The van der Waals surface area contributed by atoms with E-state index in [9.17, 15) is 18.4 Å². The summed E-state index contributed by atoms with van der Waals surface area (Å²) in [6, 6.07) is 6.70. The summed E-state index contributed by atoms with van der Waals surface area (Å²) in [7, 11) is 2.01. The minimum atomic E-state index is -3.61. The van der Waals surface area contributed by atoms with Crippen LogP contribution in [-0.4, -0.2) is 70.3 Å². The topological polar surface area (TPSA) is 67.7 Å². The molecule has 0 saturated carbocycles. The van der Waals surface area contributed by atoms with E-state index < -0.39 is 17.2 Å². The van der Waals surface area contributed by atoms with E-state index in [1.807, 2.05) is 7.05 Å². The van der Waals surface area contributed by atoms with Crippen LogP contribution in [0.5, 0.6) is 5.75 Å². The third-order valence-corrected chi connectivity index (χ3v) is 7.06. The Morgan fingerprint density at radius 3 is 2.49 bits per heavy atom. The zero-order chi connectivity index (χ0) is 25.4. The maximum absolute atomic E-state index is 14.0. The molecule has 1 fully saturated rings. The van der Waals surface area contributed by atoms with Crippen molar-refractivity contribution in [2.24, 2.45) is 5.92 Å². The number of pyridine rings is 1. The average molecular weight is 487 g/mol. The van der Waals surface area contributed by atoms with Crippen molar-refractivity contribution in [3.8, 4) is 5.75 Å². The molecule has 0 aromatic carbocycles. The Balaban J connectivity index is 1.49. The largest absolute Gasteiger partial charge is 0.492 e. The summed E-state index contributed by atoms with van der Waals surface area (Å²) in [6.07, 6.45) is 3.21. The van der Waals surface area contributed by atoms with Gasteiger partial charge in [-0.3, -0.25) is 14.5 Å². The van der Waals surface area contributed by atoms with Gasteiger partial charge in [0.1, 0.15) is 11.4 Å². The van der Waals surface area contributed by atoms with Crippen molar-refractivity contribution < 1.29 is 23.1 Å². The van der Waals surface area contributed by atoms with E-state index in [-0.39, 0.29) is 11.6 Å². The lowest BCUT2D eigenvalue weighted by Crippen LogP contribution is -2.57. The van der Waals surface area contributed by atoms with E-state index in [1.54, 1.807) is 33.9 Å². The minimum absolute atomic E-state index is 0.000133. The maximum atomic E-state index is 14.0. The molecule has 4 heterocycles. The molecule has 1 amide bonds. The maximum Gasteiger partial charge on any atom is 0.329 e. The molecule has 35 heavy (non-hydrogen) atoms. The van der Waals surface area contributed by atoms with Crippen LogP contribution in [0.4, 0.5) is 8.78 Å². The quantitative estimate of drug-likeness (QED) is 0.437. The molecule has 0 aliphatic carbocycles. The van der Waals surface area contributed by atoms with Crippen LogP contribution in [0.2, 0.25) is 0 Å². The van der Waals surface area contributed by atoms with Gasteiger partial charge in [0.25, 0.3) is 11.7 Å². The molecule has 2 aromatic heterocycles. The minimum Gasteiger partial charge on any atom is -0.492 e. The fourth-order valence-corrected chi connectivity index (χ4v) is 4.97. The van der Waals surface area contributed by atoms with Gasteiger partial charge in [-0.25, -0.2) is 4.98 Å². The fourth-order valence-electron chi connectivity index (χ4n) is 4.97. The van der Waals surface area contributed by atoms with Gasteiger partial charge in [0, 0.05) is 31.9 Å². The Morgan fingerprint density at radius 2 is 1.89 bits per heavy atom. The molecule has 9 heteroatoms. The lowest BCUT2D eigenvalue weighted by Gasteiger charge is -2.50. The van der Waals surface area contributed by atoms with Crippen LogP contribution in [0.25, 0.3) is 0 Å². The first-order chi connectivity index (χ1) is 16.6. The number of likely N-dealkylation sites (N-methyl/N-ethyl adjacent to an activating group) is 1. The summed E-state index contributed by atoms with van der Waals surface area (Å²) in [5.74, 6) is -3.97. The molecular weight excluding hydrogens is 454 g/mol. The Kier molecular flexibility index (Phi) is 6.81. The fraction of sp³-hybridized carbons (Fsp3) is 0.500. The summed E-state index contributed by atoms with van der Waals surface area (Å²) in [5, 5.41) is 0. The third kappa shape index (κ3) is 4.61. The van der Waals surface area contributed by atoms with E-state index in [1.165, 1.54) is 6.07 Å². The van der Waals surface area contributed by atoms with Crippen molar-refractivity contribution in [3.05, 3.63) is 60.2 Å². The number of aromatic nitrogens is 2. The number of allylic oxidation sites excluding steroid dienone is 1. The molecule has 4 rings (SSSR count). The van der Waals surface area contributed by atoms with Crippen molar-refractivity contribution in [1.29, 1.82) is 0 Å². The molecule has 0 N–H and O–H groups in total. The molecule has 0 radical (unpaired) electrons. The van der Waals surface area contributed by atoms with Crippen LogP contribution in [0.3, 0.4) is 0 Å². The van der Waals surface area contributed by atoms with Crippen molar-refractivity contribution in [1.82, 2.24) is 19.4 Å². The van der Waals surface area contributed by atoms with E-state index in [0.717, 1.165) is 5.69 Å². The molecule has 1 saturated heterocycles. The molecule has 2 aromatic rings. The number of Topliss-reactive ketones (excluding diaryl/α,β-unsaturated/α-hetero) is 1. The number of hydrogen-bond acceptors (Lipinski definition) is 5. The second-order valence-corrected chi connectivity index (χ2v) is 9.74. The summed E-state index contributed by atoms with van der Waals surface area (Å²) < 4.78 is 35.5. The van der Waals surface area contributed by atoms with Gasteiger partial charge in [-0.2, -0.15) is 8.78 Å². The van der Waals surface area contributed by atoms with Crippen molar-refractivity contribution >= 4 is 11.7 Å². The van der Waals surface area contributed by atoms with Crippen LogP contribution in [0.15, 0.2) is 43.1 Å². The smallest absolute Gasteiger partial charge is 0.329 e. The van der Waals surface area contributed by atoms with Crippen LogP contribution in [-0.2, 0) is 12.1 Å². The number of ketones is 1. The lowest BCUT2D eigenvalue weighted by atomic mass is 9.81. The highest BCUT2D eigenvalue weighted by Gasteiger charge is 2.47. The number of likely N-dealkylation sites (tertiary alicyclic amines) is 1. The SMILES string of the molecule is C=CC(F)(F)C(=O)c1ccc2n1CCN(C)C21CCN(C(=O)c2ccc(OCC(C)C)cn2)CC1. The second kappa shape index (κ2) is 9.53. The standard InChI is InChI=1S/C26H32F2N4O3/c1-5-26(27,28)23(33)21-8-9-22-25(30(4)14-15-32(21)22)10-12-31(13-11-25)24(34)20-7-6-19(16-29-20)35-17-18(2)3/h5-9,16,18H,1,10-15,17H2,2-4H3. The molecule has 0 atom stereocenters. The summed E-state index contributed by atoms with van der Waals surface area (Å²) in [4.78, 5) is 33.8. The van der Waals surface area contributed by atoms with Gasteiger partial charge in [-0.1, -0.05) is 20.4 Å². The summed E-state index contributed by atoms with van der Waals surface area (Å²) in [6.45, 7) is 9.86. The predicted molar refractivity (Wildman–Crippen MR) is 128 cm³/mol. The summed E-state index contributed by atoms with van der Waals surface area (Å²) in [5.41, 5.74) is 0.767. The van der Waals surface area contributed by atoms with Crippen LogP contribution < -0.4 is 4.74 Å². The van der Waals surface area contributed by atoms with Gasteiger partial charge in [0.15, 0.2) is 0 Å². The molecule has 188 valence electrons. The zero-order valence-electron chi connectivity index (χ0n) is 20.5. The first-order valence-corrected chi connectivity index (χ1v) is 11.9. The zero-order valence-corrected chi connectivity index (χ0v) is 20.5. The van der Waals surface area contributed by atoms with Crippen molar-refractivity contribution in [2.45, 2.75) is 44.7 Å². The van der Waals surface area contributed by atoms with Gasteiger partial charge in [0.05, 0.1) is 24.0 Å². The number of ether oxygens (including phenoxy) is 1. The van der Waals surface area contributed by atoms with Crippen LogP contribution in [0, 0.1) is 5.92 Å². The van der Waals surface area contributed by atoms with Crippen molar-refractivity contribution in [3.63, 3.8) is 0 Å². The lowest BCUT2D eigenvalue weighted by molar-refractivity contribution is 0.0114. The van der Waals surface area contributed by atoms with Gasteiger partial charge in [-0.05, 0) is 56.1 Å². The second-order valence-electron chi connectivity index (χ2n) is 9.74. The highest BCUT2D eigenvalue weighted by atomic mass is 19.3. The van der Waals surface area contributed by atoms with Gasteiger partial charge in [-0.15, -0.1) is 0 Å². The molecule has 7 nitrogen and oxygen atoms in total.